The summed E-state index contributed by atoms with van der Waals surface area (Å²) >= 11 is 0. The number of hydrogen-bond donors (Lipinski definition) is 1. The van der Waals surface area contributed by atoms with Gasteiger partial charge < -0.3 is 5.32 Å². The Bertz CT molecular complexity index is 230. The van der Waals surface area contributed by atoms with Crippen molar-refractivity contribution in [2.24, 2.45) is 0 Å². The highest BCUT2D eigenvalue weighted by Crippen LogP contribution is 2.17. The third-order valence-electron chi connectivity index (χ3n) is 2.42. The molecular formula is C13H21N. The maximum Gasteiger partial charge on any atom is 0.0320 e. The van der Waals surface area contributed by atoms with Crippen molar-refractivity contribution < 1.29 is 0 Å². The van der Waals surface area contributed by atoms with Gasteiger partial charge in [-0.1, -0.05) is 50.6 Å². The van der Waals surface area contributed by atoms with Gasteiger partial charge in [0.05, 0.1) is 0 Å². The molecule has 1 nitrogen and oxygen atoms in total. The van der Waals surface area contributed by atoms with E-state index in [4.69, 9.17) is 0 Å². The zero-order chi connectivity index (χ0) is 10.2. The summed E-state index contributed by atoms with van der Waals surface area (Å²) in [7, 11) is 0. The average molecular weight is 191 g/mol. The highest BCUT2D eigenvalue weighted by atomic mass is 14.9. The summed E-state index contributed by atoms with van der Waals surface area (Å²) < 4.78 is 0. The Balaban J connectivity index is 2.58. The predicted molar refractivity (Wildman–Crippen MR) is 62.4 cm³/mol. The Kier molecular flexibility index (Phi) is 5.31. The highest BCUT2D eigenvalue weighted by molar-refractivity contribution is 5.18. The molecule has 0 fully saturated rings. The van der Waals surface area contributed by atoms with Crippen LogP contribution in [0.2, 0.25) is 0 Å². The van der Waals surface area contributed by atoms with Crippen molar-refractivity contribution in [1.29, 1.82) is 0 Å². The van der Waals surface area contributed by atoms with Gasteiger partial charge in [0.1, 0.15) is 0 Å². The molecule has 0 aliphatic carbocycles. The van der Waals surface area contributed by atoms with E-state index in [-0.39, 0.29) is 0 Å². The first-order valence-corrected chi connectivity index (χ1v) is 5.66. The first-order valence-electron chi connectivity index (χ1n) is 5.66. The monoisotopic (exact) mass is 191 g/mol. The molecule has 1 heteroatoms. The van der Waals surface area contributed by atoms with Crippen LogP contribution in [0.4, 0.5) is 0 Å². The highest BCUT2D eigenvalue weighted by Gasteiger charge is 2.07. The van der Waals surface area contributed by atoms with Gasteiger partial charge in [-0.15, -0.1) is 0 Å². The first-order chi connectivity index (χ1) is 6.88. The zero-order valence-electron chi connectivity index (χ0n) is 9.29. The molecule has 14 heavy (non-hydrogen) atoms. The SMILES string of the molecule is CCCN[C@@H](CCC)c1ccccc1. The first kappa shape index (κ1) is 11.3. The largest absolute Gasteiger partial charge is 0.310 e. The topological polar surface area (TPSA) is 12.0 Å². The van der Waals surface area contributed by atoms with Crippen LogP contribution >= 0.6 is 0 Å². The molecule has 0 heterocycles. The van der Waals surface area contributed by atoms with E-state index in [1.54, 1.807) is 0 Å². The van der Waals surface area contributed by atoms with Crippen molar-refractivity contribution in [2.75, 3.05) is 6.54 Å². The molecule has 0 aromatic heterocycles. The number of nitrogens with one attached hydrogen (secondary N) is 1. The van der Waals surface area contributed by atoms with Crippen molar-refractivity contribution in [3.63, 3.8) is 0 Å². The Hall–Kier alpha value is -0.820. The predicted octanol–water partition coefficient (Wildman–Crippen LogP) is 3.53. The smallest absolute Gasteiger partial charge is 0.0320 e. The fourth-order valence-electron chi connectivity index (χ4n) is 1.68. The van der Waals surface area contributed by atoms with E-state index in [1.807, 2.05) is 0 Å². The lowest BCUT2D eigenvalue weighted by molar-refractivity contribution is 0.494. The Morgan fingerprint density at radius 3 is 2.36 bits per heavy atom. The molecule has 1 aromatic rings. The molecule has 1 aromatic carbocycles. The molecule has 0 radical (unpaired) electrons. The minimum absolute atomic E-state index is 0.543. The van der Waals surface area contributed by atoms with Crippen LogP contribution in [0, 0.1) is 0 Å². The summed E-state index contributed by atoms with van der Waals surface area (Å²) in [4.78, 5) is 0. The third-order valence-corrected chi connectivity index (χ3v) is 2.42. The Morgan fingerprint density at radius 1 is 1.07 bits per heavy atom. The zero-order valence-corrected chi connectivity index (χ0v) is 9.29. The quantitative estimate of drug-likeness (QED) is 0.725. The molecule has 78 valence electrons. The van der Waals surface area contributed by atoms with Crippen molar-refractivity contribution in [3.05, 3.63) is 35.9 Å². The van der Waals surface area contributed by atoms with E-state index < -0.39 is 0 Å². The maximum atomic E-state index is 3.59. The normalized spacial score (nSPS) is 12.7. The van der Waals surface area contributed by atoms with E-state index in [0.717, 1.165) is 6.54 Å². The van der Waals surface area contributed by atoms with Crippen LogP contribution in [0.25, 0.3) is 0 Å². The van der Waals surface area contributed by atoms with Crippen LogP contribution in [0.1, 0.15) is 44.7 Å². The van der Waals surface area contributed by atoms with Gasteiger partial charge in [-0.25, -0.2) is 0 Å². The van der Waals surface area contributed by atoms with Crippen LogP contribution in [0.5, 0.6) is 0 Å². The Labute approximate surface area is 87.5 Å². The fourth-order valence-corrected chi connectivity index (χ4v) is 1.68. The lowest BCUT2D eigenvalue weighted by Crippen LogP contribution is -2.21. The van der Waals surface area contributed by atoms with Gasteiger partial charge >= 0.3 is 0 Å². The minimum Gasteiger partial charge on any atom is -0.310 e. The number of hydrogen-bond acceptors (Lipinski definition) is 1. The summed E-state index contributed by atoms with van der Waals surface area (Å²) in [6.45, 7) is 5.56. The van der Waals surface area contributed by atoms with Gasteiger partial charge in [-0.05, 0) is 24.9 Å². The molecule has 1 atom stereocenters. The maximum absolute atomic E-state index is 3.59. The third kappa shape index (κ3) is 3.51. The summed E-state index contributed by atoms with van der Waals surface area (Å²) in [6.07, 6.45) is 3.66. The molecule has 0 bridgehead atoms. The van der Waals surface area contributed by atoms with Gasteiger partial charge in [0, 0.05) is 6.04 Å². The number of rotatable bonds is 6. The molecule has 0 spiro atoms. The molecule has 0 saturated carbocycles. The van der Waals surface area contributed by atoms with Crippen LogP contribution in [0.15, 0.2) is 30.3 Å². The molecule has 0 aliphatic rings. The molecule has 1 N–H and O–H groups in total. The minimum atomic E-state index is 0.543. The van der Waals surface area contributed by atoms with Gasteiger partial charge in [0.2, 0.25) is 0 Å². The molecule has 1 rings (SSSR count). The van der Waals surface area contributed by atoms with Crippen LogP contribution in [-0.4, -0.2) is 6.54 Å². The fraction of sp³-hybridized carbons (Fsp3) is 0.538. The lowest BCUT2D eigenvalue weighted by atomic mass is 10.0. The summed E-state index contributed by atoms with van der Waals surface area (Å²) in [6, 6.07) is 11.3. The Morgan fingerprint density at radius 2 is 1.79 bits per heavy atom. The van der Waals surface area contributed by atoms with E-state index in [1.165, 1.54) is 24.8 Å². The van der Waals surface area contributed by atoms with Crippen molar-refractivity contribution in [1.82, 2.24) is 5.32 Å². The summed E-state index contributed by atoms with van der Waals surface area (Å²) in [5, 5.41) is 3.59. The molecule has 0 saturated heterocycles. The molecular weight excluding hydrogens is 170 g/mol. The summed E-state index contributed by atoms with van der Waals surface area (Å²) in [5.41, 5.74) is 1.42. The second kappa shape index (κ2) is 6.61. The van der Waals surface area contributed by atoms with E-state index in [2.05, 4.69) is 49.5 Å². The standard InChI is InChI=1S/C13H21N/c1-3-8-13(14-11-4-2)12-9-6-5-7-10-12/h5-7,9-10,13-14H,3-4,8,11H2,1-2H3/t13-/m0/s1. The molecule has 0 amide bonds. The van der Waals surface area contributed by atoms with Crippen LogP contribution in [0.3, 0.4) is 0 Å². The molecule has 0 aliphatic heterocycles. The van der Waals surface area contributed by atoms with Gasteiger partial charge in [0.25, 0.3) is 0 Å². The second-order valence-electron chi connectivity index (χ2n) is 3.71. The van der Waals surface area contributed by atoms with Crippen molar-refractivity contribution in [2.45, 2.75) is 39.2 Å². The van der Waals surface area contributed by atoms with Crippen LogP contribution in [-0.2, 0) is 0 Å². The number of benzene rings is 1. The van der Waals surface area contributed by atoms with Gasteiger partial charge in [0.15, 0.2) is 0 Å². The summed E-state index contributed by atoms with van der Waals surface area (Å²) in [5.74, 6) is 0. The van der Waals surface area contributed by atoms with Gasteiger partial charge in [-0.3, -0.25) is 0 Å². The van der Waals surface area contributed by atoms with Gasteiger partial charge in [-0.2, -0.15) is 0 Å². The van der Waals surface area contributed by atoms with Crippen LogP contribution < -0.4 is 5.32 Å². The second-order valence-corrected chi connectivity index (χ2v) is 3.71. The lowest BCUT2D eigenvalue weighted by Gasteiger charge is -2.17. The van der Waals surface area contributed by atoms with E-state index in [0.29, 0.717) is 6.04 Å². The van der Waals surface area contributed by atoms with Crippen molar-refractivity contribution in [3.8, 4) is 0 Å². The molecule has 0 unspecified atom stereocenters. The van der Waals surface area contributed by atoms with E-state index in [9.17, 15) is 0 Å². The van der Waals surface area contributed by atoms with E-state index >= 15 is 0 Å². The van der Waals surface area contributed by atoms with Crippen molar-refractivity contribution >= 4 is 0 Å². The average Bonchev–Trinajstić information content (AvgIpc) is 2.25.